The van der Waals surface area contributed by atoms with Crippen molar-refractivity contribution in [2.24, 2.45) is 0 Å². The standard InChI is InChI=1S/C20H15IN2O6/c21-10-7-11(22-19(28)13-3-1-5-15(24)17(13)26)9-12(8-10)23-20(29)14-4-2-6-16(25)18(14)27/h1-9,24-27H,(H,22,28)(H,23,29)/i21-4. The van der Waals surface area contributed by atoms with Gasteiger partial charge in [-0.3, -0.25) is 9.59 Å². The van der Waals surface area contributed by atoms with Crippen LogP contribution in [0.5, 0.6) is 23.0 Å². The molecule has 9 heteroatoms. The lowest BCUT2D eigenvalue weighted by molar-refractivity contribution is 0.101. The lowest BCUT2D eigenvalue weighted by Crippen LogP contribution is -2.14. The Labute approximate surface area is 178 Å². The molecule has 0 aliphatic rings. The minimum Gasteiger partial charge on any atom is -0.504 e. The molecule has 0 saturated heterocycles. The van der Waals surface area contributed by atoms with Crippen LogP contribution in [-0.2, 0) is 0 Å². The first-order valence-electron chi connectivity index (χ1n) is 8.21. The van der Waals surface area contributed by atoms with Crippen LogP contribution in [0.1, 0.15) is 20.7 Å². The summed E-state index contributed by atoms with van der Waals surface area (Å²) >= 11 is 2.00. The van der Waals surface area contributed by atoms with Crippen molar-refractivity contribution in [2.45, 2.75) is 0 Å². The first-order chi connectivity index (χ1) is 13.8. The number of carbonyl (C=O) groups is 2. The van der Waals surface area contributed by atoms with Gasteiger partial charge < -0.3 is 31.1 Å². The fraction of sp³-hybridized carbons (Fsp3) is 0. The van der Waals surface area contributed by atoms with Crippen molar-refractivity contribution >= 4 is 45.8 Å². The molecule has 0 atom stereocenters. The van der Waals surface area contributed by atoms with E-state index in [-0.39, 0.29) is 11.1 Å². The van der Waals surface area contributed by atoms with Gasteiger partial charge in [-0.1, -0.05) is 12.1 Å². The lowest BCUT2D eigenvalue weighted by Gasteiger charge is -2.12. The van der Waals surface area contributed by atoms with Crippen LogP contribution in [0.3, 0.4) is 0 Å². The van der Waals surface area contributed by atoms with Gasteiger partial charge in [-0.2, -0.15) is 0 Å². The van der Waals surface area contributed by atoms with Crippen molar-refractivity contribution < 1.29 is 30.0 Å². The number of nitrogens with one attached hydrogen (secondary N) is 2. The molecule has 148 valence electrons. The first-order valence-corrected chi connectivity index (χ1v) is 9.29. The predicted octanol–water partition coefficient (Wildman–Crippen LogP) is 3.62. The zero-order valence-electron chi connectivity index (χ0n) is 14.7. The number of amides is 2. The van der Waals surface area contributed by atoms with Crippen molar-refractivity contribution in [3.63, 3.8) is 0 Å². The molecule has 0 spiro atoms. The number of para-hydroxylation sites is 2. The number of rotatable bonds is 4. The molecule has 0 aromatic heterocycles. The highest BCUT2D eigenvalue weighted by Gasteiger charge is 2.17. The van der Waals surface area contributed by atoms with Crippen molar-refractivity contribution in [2.75, 3.05) is 10.6 Å². The van der Waals surface area contributed by atoms with Gasteiger partial charge in [0.25, 0.3) is 11.8 Å². The highest BCUT2D eigenvalue weighted by molar-refractivity contribution is 14.1. The third-order valence-corrected chi connectivity index (χ3v) is 4.56. The largest absolute Gasteiger partial charge is 0.504 e. The molecule has 0 heterocycles. The number of halogens is 1. The molecule has 8 nitrogen and oxygen atoms in total. The van der Waals surface area contributed by atoms with E-state index in [4.69, 9.17) is 0 Å². The molecule has 0 fully saturated rings. The highest BCUT2D eigenvalue weighted by Crippen LogP contribution is 2.31. The summed E-state index contributed by atoms with van der Waals surface area (Å²) in [5.41, 5.74) is 0.443. The second-order valence-electron chi connectivity index (χ2n) is 5.98. The maximum atomic E-state index is 12.4. The topological polar surface area (TPSA) is 139 Å². The number of phenols is 4. The second-order valence-corrected chi connectivity index (χ2v) is 7.23. The van der Waals surface area contributed by atoms with Gasteiger partial charge in [0.15, 0.2) is 23.0 Å². The van der Waals surface area contributed by atoms with Gasteiger partial charge in [0.2, 0.25) is 0 Å². The Morgan fingerprint density at radius 2 is 1.10 bits per heavy atom. The summed E-state index contributed by atoms with van der Waals surface area (Å²) in [6.07, 6.45) is 0. The molecule has 29 heavy (non-hydrogen) atoms. The Morgan fingerprint density at radius 3 is 1.52 bits per heavy atom. The number of hydrogen-bond donors (Lipinski definition) is 6. The average molecular weight is 502 g/mol. The van der Waals surface area contributed by atoms with Crippen LogP contribution in [-0.4, -0.2) is 32.2 Å². The van der Waals surface area contributed by atoms with E-state index in [9.17, 15) is 30.0 Å². The van der Waals surface area contributed by atoms with E-state index >= 15 is 0 Å². The molecular formula is C20H15IN2O6. The molecule has 0 bridgehead atoms. The molecule has 3 aromatic carbocycles. The minimum absolute atomic E-state index is 0.112. The summed E-state index contributed by atoms with van der Waals surface area (Å²) < 4.78 is 0.691. The van der Waals surface area contributed by atoms with E-state index in [1.165, 1.54) is 42.5 Å². The monoisotopic (exact) mass is 502 g/mol. The molecule has 0 aliphatic carbocycles. The van der Waals surface area contributed by atoms with E-state index < -0.39 is 34.8 Å². The third kappa shape index (κ3) is 4.51. The zero-order valence-corrected chi connectivity index (χ0v) is 16.8. The molecule has 0 saturated carbocycles. The normalized spacial score (nSPS) is 10.4. The summed E-state index contributed by atoms with van der Waals surface area (Å²) in [5.74, 6) is -3.21. The van der Waals surface area contributed by atoms with Crippen molar-refractivity contribution in [1.29, 1.82) is 0 Å². The van der Waals surface area contributed by atoms with Gasteiger partial charge in [0, 0.05) is 14.9 Å². The molecule has 0 aliphatic heterocycles. The fourth-order valence-corrected chi connectivity index (χ4v) is 3.23. The molecular weight excluding hydrogens is 487 g/mol. The van der Waals surface area contributed by atoms with Gasteiger partial charge in [-0.15, -0.1) is 0 Å². The summed E-state index contributed by atoms with van der Waals surface area (Å²) in [4.78, 5) is 24.8. The van der Waals surface area contributed by atoms with E-state index in [0.29, 0.717) is 14.9 Å². The summed E-state index contributed by atoms with van der Waals surface area (Å²) in [5, 5.41) is 43.9. The zero-order chi connectivity index (χ0) is 21.1. The molecule has 3 aromatic rings. The van der Waals surface area contributed by atoms with E-state index in [0.717, 1.165) is 0 Å². The van der Waals surface area contributed by atoms with Gasteiger partial charge in [0.1, 0.15) is 0 Å². The summed E-state index contributed by atoms with van der Waals surface area (Å²) in [6, 6.07) is 12.8. The molecule has 2 amide bonds. The summed E-state index contributed by atoms with van der Waals surface area (Å²) in [7, 11) is 0. The average Bonchev–Trinajstić information content (AvgIpc) is 2.65. The molecule has 3 rings (SSSR count). The van der Waals surface area contributed by atoms with Crippen molar-refractivity contribution in [1.82, 2.24) is 0 Å². The van der Waals surface area contributed by atoms with Crippen LogP contribution in [0.4, 0.5) is 11.4 Å². The Kier molecular flexibility index (Phi) is 5.78. The van der Waals surface area contributed by atoms with E-state index in [2.05, 4.69) is 10.6 Å². The maximum absolute atomic E-state index is 12.4. The number of benzene rings is 3. The Balaban J connectivity index is 1.83. The van der Waals surface area contributed by atoms with Gasteiger partial charge in [-0.25, -0.2) is 0 Å². The number of hydrogen-bond acceptors (Lipinski definition) is 6. The van der Waals surface area contributed by atoms with Crippen LogP contribution < -0.4 is 10.6 Å². The van der Waals surface area contributed by atoms with Crippen LogP contribution in [0.25, 0.3) is 0 Å². The van der Waals surface area contributed by atoms with Gasteiger partial charge >= 0.3 is 0 Å². The van der Waals surface area contributed by atoms with E-state index in [1.54, 1.807) is 12.1 Å². The Morgan fingerprint density at radius 1 is 0.690 bits per heavy atom. The highest BCUT2D eigenvalue weighted by atomic mass is 123. The number of phenolic OH excluding ortho intramolecular Hbond substituents is 4. The van der Waals surface area contributed by atoms with Crippen LogP contribution in [0.2, 0.25) is 0 Å². The lowest BCUT2D eigenvalue weighted by atomic mass is 10.1. The predicted molar refractivity (Wildman–Crippen MR) is 115 cm³/mol. The second kappa shape index (κ2) is 8.27. The van der Waals surface area contributed by atoms with Gasteiger partial charge in [0.05, 0.1) is 11.1 Å². The van der Waals surface area contributed by atoms with Crippen LogP contribution in [0.15, 0.2) is 54.6 Å². The molecule has 6 N–H and O–H groups in total. The summed E-state index contributed by atoms with van der Waals surface area (Å²) in [6.45, 7) is 0. The smallest absolute Gasteiger partial charge is 0.259 e. The Bertz CT molecular complexity index is 1030. The first kappa shape index (κ1) is 20.3. The van der Waals surface area contributed by atoms with Gasteiger partial charge in [-0.05, 0) is 65.1 Å². The maximum Gasteiger partial charge on any atom is 0.259 e. The minimum atomic E-state index is -0.650. The van der Waals surface area contributed by atoms with Crippen molar-refractivity contribution in [3.05, 3.63) is 69.3 Å². The quantitative estimate of drug-likeness (QED) is 0.238. The Hall–Kier alpha value is -3.47. The number of aromatic hydroxyl groups is 4. The fourth-order valence-electron chi connectivity index (χ4n) is 2.56. The molecule has 0 unspecified atom stereocenters. The van der Waals surface area contributed by atoms with E-state index in [1.807, 2.05) is 22.6 Å². The van der Waals surface area contributed by atoms with Crippen LogP contribution in [0, 0.1) is 3.57 Å². The number of carbonyl (C=O) groups excluding carboxylic acids is 2. The third-order valence-electron chi connectivity index (χ3n) is 3.93. The SMILES string of the molecule is O=C(Nc1cc([123I])cc(NC(=O)c2cccc(O)c2O)c1)c1cccc(O)c1O. The van der Waals surface area contributed by atoms with Crippen LogP contribution >= 0.6 is 22.6 Å². The van der Waals surface area contributed by atoms with Crippen molar-refractivity contribution in [3.8, 4) is 23.0 Å². The molecule has 0 radical (unpaired) electrons. The number of anilines is 2.